The molecule has 1 heterocycles. The Kier molecular flexibility index (Phi) is 3.80. The molecular weight excluding hydrogens is 258 g/mol. The summed E-state index contributed by atoms with van der Waals surface area (Å²) in [6.45, 7) is 1.56. The van der Waals surface area contributed by atoms with Crippen molar-refractivity contribution < 1.29 is 23.9 Å². The minimum absolute atomic E-state index is 0.0847. The fourth-order valence-electron chi connectivity index (χ4n) is 1.79. The van der Waals surface area contributed by atoms with Gasteiger partial charge in [0.25, 0.3) is 0 Å². The first-order valence-corrected chi connectivity index (χ1v) is 5.73. The van der Waals surface area contributed by atoms with Crippen molar-refractivity contribution >= 4 is 30.0 Å². The van der Waals surface area contributed by atoms with Crippen LogP contribution in [0, 0.1) is 0 Å². The zero-order chi connectivity index (χ0) is 13.3. The van der Waals surface area contributed by atoms with E-state index in [0.29, 0.717) is 22.5 Å². The van der Waals surface area contributed by atoms with E-state index in [4.69, 9.17) is 25.7 Å². The lowest BCUT2D eigenvalue weighted by Gasteiger charge is -2.13. The monoisotopic (exact) mass is 270 g/mol. The van der Waals surface area contributed by atoms with Crippen molar-refractivity contribution in [3.63, 3.8) is 0 Å². The maximum Gasteiger partial charge on any atom is 0.493 e. The van der Waals surface area contributed by atoms with Gasteiger partial charge in [0.2, 0.25) is 0 Å². The maximum atomic E-state index is 10.9. The number of ether oxygens (including phenoxy) is 2. The second-order valence-electron chi connectivity index (χ2n) is 3.94. The Hall–Kier alpha value is -1.24. The summed E-state index contributed by atoms with van der Waals surface area (Å²) in [6.07, 6.45) is 0. The number of carbonyl (C=O) groups excluding carboxylic acids is 1. The smallest absolute Gasteiger partial charge is 0.493 e. The molecule has 0 unspecified atom stereocenters. The summed E-state index contributed by atoms with van der Waals surface area (Å²) in [5.74, 6) is 0.693. The van der Waals surface area contributed by atoms with E-state index in [1.165, 1.54) is 14.0 Å². The predicted molar refractivity (Wildman–Crippen MR) is 66.6 cm³/mol. The molecule has 18 heavy (non-hydrogen) atoms. The molecule has 0 bridgehead atoms. The van der Waals surface area contributed by atoms with Crippen molar-refractivity contribution in [2.45, 2.75) is 13.5 Å². The molecule has 96 valence electrons. The van der Waals surface area contributed by atoms with E-state index in [1.54, 1.807) is 6.07 Å². The van der Waals surface area contributed by atoms with E-state index in [9.17, 15) is 9.82 Å². The Bertz CT molecular complexity index is 491. The SMILES string of the molecule is COc1cc(OCC(C)=O)c(Cl)c2c1COB2O. The average molecular weight is 270 g/mol. The molecule has 0 saturated heterocycles. The second-order valence-corrected chi connectivity index (χ2v) is 4.32. The van der Waals surface area contributed by atoms with Crippen LogP contribution < -0.4 is 14.9 Å². The molecule has 1 aromatic carbocycles. The molecular formula is C11H12BClO5. The molecule has 2 rings (SSSR count). The van der Waals surface area contributed by atoms with Gasteiger partial charge in [-0.3, -0.25) is 4.79 Å². The molecule has 0 spiro atoms. The van der Waals surface area contributed by atoms with Gasteiger partial charge in [-0.05, 0) is 6.92 Å². The average Bonchev–Trinajstić information content (AvgIpc) is 2.71. The van der Waals surface area contributed by atoms with Gasteiger partial charge < -0.3 is 19.2 Å². The van der Waals surface area contributed by atoms with Gasteiger partial charge >= 0.3 is 7.12 Å². The van der Waals surface area contributed by atoms with Crippen molar-refractivity contribution in [3.8, 4) is 11.5 Å². The van der Waals surface area contributed by atoms with Crippen molar-refractivity contribution in [2.24, 2.45) is 0 Å². The van der Waals surface area contributed by atoms with Gasteiger partial charge in [0.1, 0.15) is 18.1 Å². The molecule has 0 atom stereocenters. The standard InChI is InChI=1S/C11H12BClO5/c1-6(14)4-17-9-3-8(16-2)7-5-18-12(15)10(7)11(9)13/h3,15H,4-5H2,1-2H3. The number of Topliss-reactive ketones (excluding diaryl/α,β-unsaturated/α-hetero) is 1. The number of carbonyl (C=O) groups is 1. The highest BCUT2D eigenvalue weighted by Gasteiger charge is 2.34. The topological polar surface area (TPSA) is 65.0 Å². The van der Waals surface area contributed by atoms with Gasteiger partial charge in [-0.15, -0.1) is 0 Å². The van der Waals surface area contributed by atoms with Crippen LogP contribution in [0.4, 0.5) is 0 Å². The lowest BCUT2D eigenvalue weighted by atomic mass is 9.79. The second kappa shape index (κ2) is 5.18. The van der Waals surface area contributed by atoms with Crippen molar-refractivity contribution in [2.75, 3.05) is 13.7 Å². The Morgan fingerprint density at radius 1 is 1.61 bits per heavy atom. The maximum absolute atomic E-state index is 10.9. The number of benzene rings is 1. The number of hydrogen-bond donors (Lipinski definition) is 1. The molecule has 1 aliphatic rings. The van der Waals surface area contributed by atoms with Crippen molar-refractivity contribution in [1.29, 1.82) is 0 Å². The van der Waals surface area contributed by atoms with Crippen LogP contribution in [0.2, 0.25) is 5.02 Å². The molecule has 1 N–H and O–H groups in total. The molecule has 0 aliphatic carbocycles. The number of halogens is 1. The van der Waals surface area contributed by atoms with Crippen LogP contribution in [0.5, 0.6) is 11.5 Å². The lowest BCUT2D eigenvalue weighted by Crippen LogP contribution is -2.29. The van der Waals surface area contributed by atoms with E-state index >= 15 is 0 Å². The largest absolute Gasteiger partial charge is 0.496 e. The zero-order valence-electron chi connectivity index (χ0n) is 10.0. The Morgan fingerprint density at radius 2 is 2.33 bits per heavy atom. The van der Waals surface area contributed by atoms with Crippen LogP contribution in [-0.2, 0) is 16.1 Å². The summed E-state index contributed by atoms with van der Waals surface area (Å²) >= 11 is 6.13. The highest BCUT2D eigenvalue weighted by Crippen LogP contribution is 2.34. The third-order valence-electron chi connectivity index (χ3n) is 2.62. The fraction of sp³-hybridized carbons (Fsp3) is 0.364. The summed E-state index contributed by atoms with van der Waals surface area (Å²) in [5.41, 5.74) is 1.14. The Labute approximate surface area is 110 Å². The van der Waals surface area contributed by atoms with Crippen LogP contribution in [0.25, 0.3) is 0 Å². The summed E-state index contributed by atoms with van der Waals surface area (Å²) in [7, 11) is 0.408. The first-order chi connectivity index (χ1) is 8.54. The number of hydrogen-bond acceptors (Lipinski definition) is 5. The third kappa shape index (κ3) is 2.31. The molecule has 0 radical (unpaired) electrons. The third-order valence-corrected chi connectivity index (χ3v) is 3.01. The first-order valence-electron chi connectivity index (χ1n) is 5.35. The molecule has 5 nitrogen and oxygen atoms in total. The van der Waals surface area contributed by atoms with Crippen molar-refractivity contribution in [3.05, 3.63) is 16.7 Å². The van der Waals surface area contributed by atoms with Crippen LogP contribution in [0.3, 0.4) is 0 Å². The normalized spacial score (nSPS) is 13.4. The summed E-state index contributed by atoms with van der Waals surface area (Å²) in [5, 5.41) is 9.95. The zero-order valence-corrected chi connectivity index (χ0v) is 10.8. The Balaban J connectivity index is 2.42. The van der Waals surface area contributed by atoms with Crippen LogP contribution >= 0.6 is 11.6 Å². The fourth-order valence-corrected chi connectivity index (χ4v) is 2.10. The van der Waals surface area contributed by atoms with Gasteiger partial charge in [0.15, 0.2) is 5.78 Å². The van der Waals surface area contributed by atoms with Crippen molar-refractivity contribution in [1.82, 2.24) is 0 Å². The molecule has 7 heteroatoms. The highest BCUT2D eigenvalue weighted by molar-refractivity contribution is 6.65. The van der Waals surface area contributed by atoms with E-state index in [0.717, 1.165) is 0 Å². The molecule has 0 amide bonds. The van der Waals surface area contributed by atoms with Gasteiger partial charge in [-0.1, -0.05) is 11.6 Å². The number of fused-ring (bicyclic) bond motifs is 1. The first kappa shape index (κ1) is 13.2. The van der Waals surface area contributed by atoms with Gasteiger partial charge in [0.05, 0.1) is 18.7 Å². The van der Waals surface area contributed by atoms with Crippen LogP contribution in [0.1, 0.15) is 12.5 Å². The lowest BCUT2D eigenvalue weighted by molar-refractivity contribution is -0.118. The van der Waals surface area contributed by atoms with Crippen LogP contribution in [-0.4, -0.2) is 31.6 Å². The van der Waals surface area contributed by atoms with E-state index in [2.05, 4.69) is 0 Å². The molecule has 1 aliphatic heterocycles. The molecule has 0 fully saturated rings. The van der Waals surface area contributed by atoms with Gasteiger partial charge in [0, 0.05) is 17.1 Å². The highest BCUT2D eigenvalue weighted by atomic mass is 35.5. The van der Waals surface area contributed by atoms with Crippen LogP contribution in [0.15, 0.2) is 6.07 Å². The predicted octanol–water partition coefficient (Wildman–Crippen LogP) is 0.534. The van der Waals surface area contributed by atoms with E-state index in [1.807, 2.05) is 0 Å². The minimum Gasteiger partial charge on any atom is -0.496 e. The van der Waals surface area contributed by atoms with E-state index < -0.39 is 7.12 Å². The quantitative estimate of drug-likeness (QED) is 0.809. The molecule has 1 aromatic rings. The van der Waals surface area contributed by atoms with E-state index in [-0.39, 0.29) is 24.0 Å². The van der Waals surface area contributed by atoms with Gasteiger partial charge in [-0.25, -0.2) is 0 Å². The Morgan fingerprint density at radius 3 is 2.94 bits per heavy atom. The molecule has 0 aromatic heterocycles. The number of rotatable bonds is 4. The summed E-state index contributed by atoms with van der Waals surface area (Å²) < 4.78 is 15.6. The minimum atomic E-state index is -1.10. The molecule has 0 saturated carbocycles. The number of ketones is 1. The summed E-state index contributed by atoms with van der Waals surface area (Å²) in [6, 6.07) is 1.59. The summed E-state index contributed by atoms with van der Waals surface area (Å²) in [4.78, 5) is 10.9. The van der Waals surface area contributed by atoms with Gasteiger partial charge in [-0.2, -0.15) is 0 Å². The number of methoxy groups -OCH3 is 1.